The van der Waals surface area contributed by atoms with Gasteiger partial charge in [-0.15, -0.1) is 10.2 Å². The molecule has 0 amide bonds. The molecule has 0 aliphatic heterocycles. The molecule has 1 aromatic rings. The van der Waals surface area contributed by atoms with E-state index in [1.807, 2.05) is 4.57 Å². The van der Waals surface area contributed by atoms with Crippen molar-refractivity contribution in [3.05, 3.63) is 12.2 Å². The third kappa shape index (κ3) is 1.82. The van der Waals surface area contributed by atoms with Gasteiger partial charge in [0.1, 0.15) is 12.9 Å². The summed E-state index contributed by atoms with van der Waals surface area (Å²) in [6.45, 7) is 6.83. The van der Waals surface area contributed by atoms with Gasteiger partial charge in [0.15, 0.2) is 5.82 Å². The Morgan fingerprint density at radius 3 is 2.67 bits per heavy atom. The summed E-state index contributed by atoms with van der Waals surface area (Å²) in [4.78, 5) is 0. The van der Waals surface area contributed by atoms with Crippen LogP contribution in [0.4, 0.5) is 0 Å². The number of rotatable bonds is 2. The molecule has 0 aliphatic carbocycles. The SMILES string of the molecule is COCc1nncn1C(C)(C)C. The fourth-order valence-electron chi connectivity index (χ4n) is 1.05. The Bertz CT molecular complexity index is 249. The molecule has 1 rings (SSSR count). The summed E-state index contributed by atoms with van der Waals surface area (Å²) in [6.07, 6.45) is 1.73. The Labute approximate surface area is 72.6 Å². The molecular formula is C8H15N3O. The van der Waals surface area contributed by atoms with Gasteiger partial charge in [0.05, 0.1) is 0 Å². The van der Waals surface area contributed by atoms with Gasteiger partial charge in [-0.25, -0.2) is 0 Å². The first-order valence-corrected chi connectivity index (χ1v) is 3.94. The Hall–Kier alpha value is -0.900. The number of aromatic nitrogens is 3. The molecule has 0 saturated carbocycles. The maximum absolute atomic E-state index is 5.00. The molecule has 4 nitrogen and oxygen atoms in total. The van der Waals surface area contributed by atoms with Crippen LogP contribution in [-0.2, 0) is 16.9 Å². The van der Waals surface area contributed by atoms with Crippen LogP contribution >= 0.6 is 0 Å². The normalized spacial score (nSPS) is 12.0. The van der Waals surface area contributed by atoms with Crippen LogP contribution in [0, 0.1) is 0 Å². The standard InChI is InChI=1S/C8H15N3O/c1-8(2,3)11-6-9-10-7(11)5-12-4/h6H,5H2,1-4H3. The zero-order chi connectivity index (χ0) is 9.19. The van der Waals surface area contributed by atoms with Crippen molar-refractivity contribution in [2.45, 2.75) is 32.9 Å². The van der Waals surface area contributed by atoms with Gasteiger partial charge in [-0.05, 0) is 20.8 Å². The highest BCUT2D eigenvalue weighted by molar-refractivity contribution is 4.89. The van der Waals surface area contributed by atoms with Crippen LogP contribution in [0.3, 0.4) is 0 Å². The van der Waals surface area contributed by atoms with E-state index in [4.69, 9.17) is 4.74 Å². The third-order valence-electron chi connectivity index (χ3n) is 1.61. The lowest BCUT2D eigenvalue weighted by Crippen LogP contribution is -2.23. The van der Waals surface area contributed by atoms with E-state index < -0.39 is 0 Å². The molecule has 0 spiro atoms. The van der Waals surface area contributed by atoms with Crippen LogP contribution in [0.25, 0.3) is 0 Å². The first-order valence-electron chi connectivity index (χ1n) is 3.94. The van der Waals surface area contributed by atoms with Crippen LogP contribution in [0.15, 0.2) is 6.33 Å². The van der Waals surface area contributed by atoms with E-state index in [1.165, 1.54) is 0 Å². The molecule has 1 heterocycles. The smallest absolute Gasteiger partial charge is 0.159 e. The van der Waals surface area contributed by atoms with Gasteiger partial charge in [-0.3, -0.25) is 0 Å². The van der Waals surface area contributed by atoms with Crippen LogP contribution in [-0.4, -0.2) is 21.9 Å². The van der Waals surface area contributed by atoms with Gasteiger partial charge in [-0.1, -0.05) is 0 Å². The molecule has 0 radical (unpaired) electrons. The summed E-state index contributed by atoms with van der Waals surface area (Å²) in [6, 6.07) is 0. The minimum Gasteiger partial charge on any atom is -0.377 e. The molecular weight excluding hydrogens is 154 g/mol. The van der Waals surface area contributed by atoms with E-state index in [0.717, 1.165) is 5.82 Å². The van der Waals surface area contributed by atoms with Gasteiger partial charge >= 0.3 is 0 Å². The molecule has 12 heavy (non-hydrogen) atoms. The predicted octanol–water partition coefficient (Wildman–Crippen LogP) is 1.18. The number of hydrogen-bond acceptors (Lipinski definition) is 3. The average Bonchev–Trinajstić information content (AvgIpc) is 2.34. The minimum atomic E-state index is 0.0252. The third-order valence-corrected chi connectivity index (χ3v) is 1.61. The molecule has 0 unspecified atom stereocenters. The summed E-state index contributed by atoms with van der Waals surface area (Å²) < 4.78 is 7.01. The van der Waals surface area contributed by atoms with Crippen molar-refractivity contribution in [1.29, 1.82) is 0 Å². The van der Waals surface area contributed by atoms with E-state index >= 15 is 0 Å². The average molecular weight is 169 g/mol. The summed E-state index contributed by atoms with van der Waals surface area (Å²) in [5, 5.41) is 7.80. The summed E-state index contributed by atoms with van der Waals surface area (Å²) >= 11 is 0. The fraction of sp³-hybridized carbons (Fsp3) is 0.750. The minimum absolute atomic E-state index is 0.0252. The molecule has 1 aromatic heterocycles. The molecule has 68 valence electrons. The molecule has 0 fully saturated rings. The van der Waals surface area contributed by atoms with Crippen molar-refractivity contribution in [3.8, 4) is 0 Å². The van der Waals surface area contributed by atoms with E-state index in [0.29, 0.717) is 6.61 Å². The quantitative estimate of drug-likeness (QED) is 0.667. The van der Waals surface area contributed by atoms with E-state index in [2.05, 4.69) is 31.0 Å². The maximum Gasteiger partial charge on any atom is 0.159 e. The zero-order valence-corrected chi connectivity index (χ0v) is 8.03. The summed E-state index contributed by atoms with van der Waals surface area (Å²) in [5.41, 5.74) is 0.0252. The fourth-order valence-corrected chi connectivity index (χ4v) is 1.05. The Morgan fingerprint density at radius 1 is 1.50 bits per heavy atom. The number of hydrogen-bond donors (Lipinski definition) is 0. The van der Waals surface area contributed by atoms with Crippen molar-refractivity contribution in [2.24, 2.45) is 0 Å². The van der Waals surface area contributed by atoms with Gasteiger partial charge < -0.3 is 9.30 Å². The number of nitrogens with zero attached hydrogens (tertiary/aromatic N) is 3. The van der Waals surface area contributed by atoms with Crippen molar-refractivity contribution in [3.63, 3.8) is 0 Å². The van der Waals surface area contributed by atoms with Crippen LogP contribution in [0.2, 0.25) is 0 Å². The van der Waals surface area contributed by atoms with Crippen molar-refractivity contribution in [1.82, 2.24) is 14.8 Å². The van der Waals surface area contributed by atoms with Gasteiger partial charge in [0.25, 0.3) is 0 Å². The van der Waals surface area contributed by atoms with Crippen LogP contribution in [0.1, 0.15) is 26.6 Å². The Kier molecular flexibility index (Phi) is 2.47. The molecule has 0 atom stereocenters. The monoisotopic (exact) mass is 169 g/mol. The lowest BCUT2D eigenvalue weighted by Gasteiger charge is -2.21. The molecule has 4 heteroatoms. The first-order chi connectivity index (χ1) is 5.55. The second-order valence-corrected chi connectivity index (χ2v) is 3.72. The van der Waals surface area contributed by atoms with Crippen molar-refractivity contribution < 1.29 is 4.74 Å². The molecule has 0 bridgehead atoms. The van der Waals surface area contributed by atoms with E-state index in [1.54, 1.807) is 13.4 Å². The topological polar surface area (TPSA) is 39.9 Å². The molecule has 0 N–H and O–H groups in total. The van der Waals surface area contributed by atoms with Crippen molar-refractivity contribution in [2.75, 3.05) is 7.11 Å². The summed E-state index contributed by atoms with van der Waals surface area (Å²) in [5.74, 6) is 0.866. The zero-order valence-electron chi connectivity index (χ0n) is 8.03. The highest BCUT2D eigenvalue weighted by Crippen LogP contribution is 2.14. The van der Waals surface area contributed by atoms with Crippen LogP contribution in [0.5, 0.6) is 0 Å². The maximum atomic E-state index is 5.00. The van der Waals surface area contributed by atoms with Gasteiger partial charge in [0.2, 0.25) is 0 Å². The van der Waals surface area contributed by atoms with E-state index in [9.17, 15) is 0 Å². The highest BCUT2D eigenvalue weighted by Gasteiger charge is 2.16. The molecule has 0 aliphatic rings. The number of ether oxygens (including phenoxy) is 1. The lowest BCUT2D eigenvalue weighted by atomic mass is 10.1. The van der Waals surface area contributed by atoms with E-state index in [-0.39, 0.29) is 5.54 Å². The Balaban J connectivity index is 2.91. The second kappa shape index (κ2) is 3.23. The Morgan fingerprint density at radius 2 is 2.17 bits per heavy atom. The largest absolute Gasteiger partial charge is 0.377 e. The highest BCUT2D eigenvalue weighted by atomic mass is 16.5. The predicted molar refractivity (Wildman–Crippen MR) is 45.7 cm³/mol. The van der Waals surface area contributed by atoms with Gasteiger partial charge in [0, 0.05) is 12.6 Å². The second-order valence-electron chi connectivity index (χ2n) is 3.72. The lowest BCUT2D eigenvalue weighted by molar-refractivity contribution is 0.168. The van der Waals surface area contributed by atoms with Crippen LogP contribution < -0.4 is 0 Å². The number of methoxy groups -OCH3 is 1. The van der Waals surface area contributed by atoms with Crippen molar-refractivity contribution >= 4 is 0 Å². The van der Waals surface area contributed by atoms with Gasteiger partial charge in [-0.2, -0.15) is 0 Å². The molecule has 0 aromatic carbocycles. The molecule has 0 saturated heterocycles. The first kappa shape index (κ1) is 9.19. The summed E-state index contributed by atoms with van der Waals surface area (Å²) in [7, 11) is 1.65.